The predicted octanol–water partition coefficient (Wildman–Crippen LogP) is 4.64. The van der Waals surface area contributed by atoms with Gasteiger partial charge in [0.25, 0.3) is 5.91 Å². The topological polar surface area (TPSA) is 64.6 Å². The fourth-order valence-corrected chi connectivity index (χ4v) is 2.37. The van der Waals surface area contributed by atoms with Gasteiger partial charge in [0, 0.05) is 15.7 Å². The van der Waals surface area contributed by atoms with Crippen LogP contribution < -0.4 is 10.1 Å². The Hall–Kier alpha value is -2.24. The molecule has 1 amide bonds. The molecule has 0 spiro atoms. The van der Waals surface area contributed by atoms with Crippen molar-refractivity contribution in [3.8, 4) is 5.75 Å². The lowest BCUT2D eigenvalue weighted by atomic mass is 10.2. The summed E-state index contributed by atoms with van der Waals surface area (Å²) < 4.78 is 10.7. The molecule has 2 rings (SSSR count). The monoisotopic (exact) mass is 395 g/mol. The number of ether oxygens (including phenoxy) is 2. The standard InChI is InChI=1S/C19H19Cl2NO4/c1-11-16(21)5-4-6-17(11)22-18(23)12(2)26-19(24)13(3)25-15-9-7-14(20)8-10-15/h4-10,12-13H,1-3H3,(H,22,23)/t12-,13-/m0/s1. The zero-order chi connectivity index (χ0) is 19.3. The van der Waals surface area contributed by atoms with Crippen LogP contribution in [0.3, 0.4) is 0 Å². The summed E-state index contributed by atoms with van der Waals surface area (Å²) in [6.07, 6.45) is -1.86. The van der Waals surface area contributed by atoms with E-state index in [0.29, 0.717) is 21.5 Å². The van der Waals surface area contributed by atoms with Crippen molar-refractivity contribution >= 4 is 40.8 Å². The Morgan fingerprint density at radius 3 is 2.31 bits per heavy atom. The third-order valence-electron chi connectivity index (χ3n) is 3.65. The van der Waals surface area contributed by atoms with Gasteiger partial charge in [0.2, 0.25) is 0 Å². The highest BCUT2D eigenvalue weighted by atomic mass is 35.5. The SMILES string of the molecule is Cc1c(Cl)cccc1NC(=O)[C@H](C)OC(=O)[C@H](C)Oc1ccc(Cl)cc1. The summed E-state index contributed by atoms with van der Waals surface area (Å²) in [7, 11) is 0. The minimum Gasteiger partial charge on any atom is -0.479 e. The summed E-state index contributed by atoms with van der Waals surface area (Å²) in [4.78, 5) is 24.4. The number of benzene rings is 2. The lowest BCUT2D eigenvalue weighted by Gasteiger charge is -2.18. The molecular weight excluding hydrogens is 377 g/mol. The number of amides is 1. The summed E-state index contributed by atoms with van der Waals surface area (Å²) in [5, 5.41) is 3.80. The van der Waals surface area contributed by atoms with Gasteiger partial charge in [-0.2, -0.15) is 0 Å². The van der Waals surface area contributed by atoms with Crippen LogP contribution >= 0.6 is 23.2 Å². The number of halogens is 2. The molecule has 0 bridgehead atoms. The third kappa shape index (κ3) is 5.38. The van der Waals surface area contributed by atoms with E-state index in [2.05, 4.69) is 5.32 Å². The number of hydrogen-bond acceptors (Lipinski definition) is 4. The average Bonchev–Trinajstić information content (AvgIpc) is 2.60. The summed E-state index contributed by atoms with van der Waals surface area (Å²) in [6, 6.07) is 11.8. The highest BCUT2D eigenvalue weighted by Gasteiger charge is 2.23. The molecular formula is C19H19Cl2NO4. The van der Waals surface area contributed by atoms with E-state index in [0.717, 1.165) is 5.56 Å². The van der Waals surface area contributed by atoms with Crippen LogP contribution in [0, 0.1) is 6.92 Å². The number of esters is 1. The van der Waals surface area contributed by atoms with Crippen molar-refractivity contribution in [3.05, 3.63) is 58.1 Å². The molecule has 7 heteroatoms. The van der Waals surface area contributed by atoms with Crippen molar-refractivity contribution in [2.75, 3.05) is 5.32 Å². The fourth-order valence-electron chi connectivity index (χ4n) is 2.07. The van der Waals surface area contributed by atoms with Crippen LogP contribution in [0.1, 0.15) is 19.4 Å². The number of carbonyl (C=O) groups is 2. The maximum Gasteiger partial charge on any atom is 0.347 e. The smallest absolute Gasteiger partial charge is 0.347 e. The molecule has 0 unspecified atom stereocenters. The number of anilines is 1. The first-order chi connectivity index (χ1) is 12.3. The lowest BCUT2D eigenvalue weighted by molar-refractivity contribution is -0.159. The Labute approximate surface area is 162 Å². The van der Waals surface area contributed by atoms with Crippen LogP contribution in [0.2, 0.25) is 10.0 Å². The van der Waals surface area contributed by atoms with Crippen LogP contribution in [0.5, 0.6) is 5.75 Å². The Morgan fingerprint density at radius 2 is 1.65 bits per heavy atom. The van der Waals surface area contributed by atoms with Gasteiger partial charge < -0.3 is 14.8 Å². The number of nitrogens with one attached hydrogen (secondary N) is 1. The molecule has 0 aliphatic rings. The van der Waals surface area contributed by atoms with Gasteiger partial charge in [-0.15, -0.1) is 0 Å². The van der Waals surface area contributed by atoms with Gasteiger partial charge >= 0.3 is 5.97 Å². The Bertz CT molecular complexity index is 793. The third-order valence-corrected chi connectivity index (χ3v) is 4.31. The Balaban J connectivity index is 1.91. The normalized spacial score (nSPS) is 12.8. The predicted molar refractivity (Wildman–Crippen MR) is 102 cm³/mol. The van der Waals surface area contributed by atoms with E-state index < -0.39 is 24.1 Å². The number of hydrogen-bond donors (Lipinski definition) is 1. The van der Waals surface area contributed by atoms with Gasteiger partial charge in [0.05, 0.1) is 0 Å². The lowest BCUT2D eigenvalue weighted by Crippen LogP contribution is -2.35. The van der Waals surface area contributed by atoms with Gasteiger partial charge in [-0.3, -0.25) is 4.79 Å². The van der Waals surface area contributed by atoms with E-state index in [-0.39, 0.29) is 0 Å². The molecule has 26 heavy (non-hydrogen) atoms. The largest absolute Gasteiger partial charge is 0.479 e. The summed E-state index contributed by atoms with van der Waals surface area (Å²) in [5.74, 6) is -0.627. The van der Waals surface area contributed by atoms with Crippen molar-refractivity contribution in [1.82, 2.24) is 0 Å². The first-order valence-electron chi connectivity index (χ1n) is 7.96. The van der Waals surface area contributed by atoms with Crippen LogP contribution in [0.25, 0.3) is 0 Å². The molecule has 0 aromatic heterocycles. The molecule has 2 aromatic rings. The average molecular weight is 396 g/mol. The van der Waals surface area contributed by atoms with Gasteiger partial charge in [0.15, 0.2) is 12.2 Å². The number of carbonyl (C=O) groups excluding carboxylic acids is 2. The van der Waals surface area contributed by atoms with E-state index in [1.165, 1.54) is 6.92 Å². The number of rotatable bonds is 6. The first kappa shape index (κ1) is 20.1. The van der Waals surface area contributed by atoms with E-state index in [4.69, 9.17) is 32.7 Å². The van der Waals surface area contributed by atoms with Crippen molar-refractivity contribution in [1.29, 1.82) is 0 Å². The Kier molecular flexibility index (Phi) is 6.89. The zero-order valence-electron chi connectivity index (χ0n) is 14.6. The molecule has 2 atom stereocenters. The summed E-state index contributed by atoms with van der Waals surface area (Å²) >= 11 is 11.8. The summed E-state index contributed by atoms with van der Waals surface area (Å²) in [6.45, 7) is 4.82. The van der Waals surface area contributed by atoms with Crippen molar-refractivity contribution in [3.63, 3.8) is 0 Å². The quantitative estimate of drug-likeness (QED) is 0.723. The van der Waals surface area contributed by atoms with Crippen molar-refractivity contribution in [2.24, 2.45) is 0 Å². The molecule has 0 heterocycles. The maximum atomic E-state index is 12.2. The van der Waals surface area contributed by atoms with E-state index in [1.54, 1.807) is 56.3 Å². The minimum absolute atomic E-state index is 0.456. The Morgan fingerprint density at radius 1 is 1.00 bits per heavy atom. The highest BCUT2D eigenvalue weighted by molar-refractivity contribution is 6.31. The molecule has 5 nitrogen and oxygen atoms in total. The first-order valence-corrected chi connectivity index (χ1v) is 8.72. The molecule has 1 N–H and O–H groups in total. The van der Waals surface area contributed by atoms with Crippen LogP contribution in [0.15, 0.2) is 42.5 Å². The van der Waals surface area contributed by atoms with Gasteiger partial charge in [-0.25, -0.2) is 4.79 Å². The van der Waals surface area contributed by atoms with Crippen LogP contribution in [-0.4, -0.2) is 24.1 Å². The molecule has 2 aromatic carbocycles. The molecule has 0 aliphatic carbocycles. The zero-order valence-corrected chi connectivity index (χ0v) is 16.1. The molecule has 0 saturated heterocycles. The van der Waals surface area contributed by atoms with Crippen molar-refractivity contribution in [2.45, 2.75) is 33.0 Å². The second-order valence-electron chi connectivity index (χ2n) is 5.69. The molecule has 0 radical (unpaired) electrons. The second-order valence-corrected chi connectivity index (χ2v) is 6.54. The molecule has 0 aliphatic heterocycles. The van der Waals surface area contributed by atoms with Gasteiger partial charge in [-0.1, -0.05) is 29.3 Å². The van der Waals surface area contributed by atoms with Gasteiger partial charge in [0.1, 0.15) is 5.75 Å². The molecule has 0 saturated carbocycles. The highest BCUT2D eigenvalue weighted by Crippen LogP contribution is 2.23. The fraction of sp³-hybridized carbons (Fsp3) is 0.263. The minimum atomic E-state index is -0.989. The maximum absolute atomic E-state index is 12.2. The van der Waals surface area contributed by atoms with E-state index in [1.807, 2.05) is 0 Å². The van der Waals surface area contributed by atoms with E-state index in [9.17, 15) is 9.59 Å². The molecule has 0 fully saturated rings. The van der Waals surface area contributed by atoms with Gasteiger partial charge in [-0.05, 0) is 62.7 Å². The second kappa shape index (κ2) is 8.92. The van der Waals surface area contributed by atoms with E-state index >= 15 is 0 Å². The van der Waals surface area contributed by atoms with Crippen molar-refractivity contribution < 1.29 is 19.1 Å². The molecule has 138 valence electrons. The summed E-state index contributed by atoms with van der Waals surface area (Å²) in [5.41, 5.74) is 1.30. The van der Waals surface area contributed by atoms with Crippen LogP contribution in [0.4, 0.5) is 5.69 Å². The van der Waals surface area contributed by atoms with Crippen LogP contribution in [-0.2, 0) is 14.3 Å².